The Bertz CT molecular complexity index is 392. The number of hydrogen-bond acceptors (Lipinski definition) is 3. The summed E-state index contributed by atoms with van der Waals surface area (Å²) in [5.41, 5.74) is 1.31. The molecule has 3 nitrogen and oxygen atoms in total. The normalized spacial score (nSPS) is 12.5. The fraction of sp³-hybridized carbons (Fsp3) is 0.533. The molecule has 106 valence electrons. The Hall–Kier alpha value is -0.870. The van der Waals surface area contributed by atoms with Gasteiger partial charge in [0.25, 0.3) is 0 Å². The number of rotatable bonds is 7. The molecule has 0 N–H and O–H groups in total. The molecule has 0 bridgehead atoms. The molecule has 1 aromatic rings. The molecule has 0 aromatic heterocycles. The van der Waals surface area contributed by atoms with Gasteiger partial charge in [-0.05, 0) is 37.6 Å². The summed E-state index contributed by atoms with van der Waals surface area (Å²) >= 11 is 3.43. The van der Waals surface area contributed by atoms with Crippen LogP contribution >= 0.6 is 15.9 Å². The van der Waals surface area contributed by atoms with Crippen molar-refractivity contribution in [2.75, 3.05) is 27.2 Å². The van der Waals surface area contributed by atoms with E-state index in [0.717, 1.165) is 30.4 Å². The van der Waals surface area contributed by atoms with Crippen LogP contribution in [0.1, 0.15) is 18.9 Å². The monoisotopic (exact) mass is 327 g/mol. The maximum Gasteiger partial charge on any atom is 0.309 e. The van der Waals surface area contributed by atoms with Crippen LogP contribution in [-0.2, 0) is 16.0 Å². The highest BCUT2D eigenvalue weighted by atomic mass is 79.9. The summed E-state index contributed by atoms with van der Waals surface area (Å²) < 4.78 is 5.91. The number of halogens is 1. The minimum absolute atomic E-state index is 0.0279. The van der Waals surface area contributed by atoms with Crippen LogP contribution in [0.2, 0.25) is 0 Å². The molecule has 0 radical (unpaired) electrons. The number of esters is 1. The van der Waals surface area contributed by atoms with E-state index < -0.39 is 0 Å². The third-order valence-electron chi connectivity index (χ3n) is 3.25. The van der Waals surface area contributed by atoms with Crippen LogP contribution < -0.4 is 0 Å². The van der Waals surface area contributed by atoms with Gasteiger partial charge in [-0.15, -0.1) is 0 Å². The highest BCUT2D eigenvalue weighted by Gasteiger charge is 2.18. The van der Waals surface area contributed by atoms with Crippen molar-refractivity contribution in [3.05, 3.63) is 34.3 Å². The zero-order valence-corrected chi connectivity index (χ0v) is 13.4. The standard InChI is InChI=1S/C15H22BrNO2/c1-4-13(15(18)19-3)11-17(2)10-9-12-5-7-14(16)8-6-12/h5-8,13H,4,9-11H2,1-3H3. The number of nitrogens with zero attached hydrogens (tertiary/aromatic N) is 1. The predicted molar refractivity (Wildman–Crippen MR) is 81.1 cm³/mol. The van der Waals surface area contributed by atoms with Crippen LogP contribution in [0.15, 0.2) is 28.7 Å². The van der Waals surface area contributed by atoms with Crippen molar-refractivity contribution < 1.29 is 9.53 Å². The zero-order valence-electron chi connectivity index (χ0n) is 11.9. The minimum atomic E-state index is -0.113. The van der Waals surface area contributed by atoms with E-state index in [1.807, 2.05) is 14.0 Å². The molecule has 0 aliphatic rings. The lowest BCUT2D eigenvalue weighted by atomic mass is 10.1. The summed E-state index contributed by atoms with van der Waals surface area (Å²) in [6, 6.07) is 8.35. The van der Waals surface area contributed by atoms with Gasteiger partial charge in [0.05, 0.1) is 13.0 Å². The Morgan fingerprint density at radius 3 is 2.53 bits per heavy atom. The molecule has 0 heterocycles. The molecular formula is C15H22BrNO2. The third-order valence-corrected chi connectivity index (χ3v) is 3.78. The highest BCUT2D eigenvalue weighted by Crippen LogP contribution is 2.12. The molecule has 0 saturated heterocycles. The van der Waals surface area contributed by atoms with Crippen LogP contribution in [-0.4, -0.2) is 38.1 Å². The van der Waals surface area contributed by atoms with E-state index in [4.69, 9.17) is 4.74 Å². The molecule has 1 rings (SSSR count). The van der Waals surface area contributed by atoms with Crippen molar-refractivity contribution in [1.82, 2.24) is 4.90 Å². The second-order valence-electron chi connectivity index (χ2n) is 4.77. The minimum Gasteiger partial charge on any atom is -0.469 e. The molecular weight excluding hydrogens is 306 g/mol. The summed E-state index contributed by atoms with van der Waals surface area (Å²) in [5, 5.41) is 0. The largest absolute Gasteiger partial charge is 0.469 e. The van der Waals surface area contributed by atoms with Crippen LogP contribution in [0.4, 0.5) is 0 Å². The molecule has 0 spiro atoms. The molecule has 19 heavy (non-hydrogen) atoms. The van der Waals surface area contributed by atoms with Gasteiger partial charge < -0.3 is 9.64 Å². The number of benzene rings is 1. The van der Waals surface area contributed by atoms with Gasteiger partial charge in [-0.25, -0.2) is 0 Å². The smallest absolute Gasteiger partial charge is 0.309 e. The molecule has 1 atom stereocenters. The zero-order chi connectivity index (χ0) is 14.3. The first-order valence-electron chi connectivity index (χ1n) is 6.57. The van der Waals surface area contributed by atoms with Gasteiger partial charge in [0.15, 0.2) is 0 Å². The van der Waals surface area contributed by atoms with Gasteiger partial charge in [0, 0.05) is 17.6 Å². The van der Waals surface area contributed by atoms with E-state index in [1.54, 1.807) is 0 Å². The number of methoxy groups -OCH3 is 1. The molecule has 1 aromatic carbocycles. The predicted octanol–water partition coefficient (Wildman–Crippen LogP) is 3.12. The lowest BCUT2D eigenvalue weighted by Gasteiger charge is -2.21. The topological polar surface area (TPSA) is 29.5 Å². The molecule has 4 heteroatoms. The Balaban J connectivity index is 2.40. The molecule has 0 aliphatic heterocycles. The number of ether oxygens (including phenoxy) is 1. The van der Waals surface area contributed by atoms with Crippen molar-refractivity contribution >= 4 is 21.9 Å². The SMILES string of the molecule is CCC(CN(C)CCc1ccc(Br)cc1)C(=O)OC. The average molecular weight is 328 g/mol. The fourth-order valence-corrected chi connectivity index (χ4v) is 2.24. The van der Waals surface area contributed by atoms with Crippen molar-refractivity contribution in [3.8, 4) is 0 Å². The maximum atomic E-state index is 11.5. The van der Waals surface area contributed by atoms with E-state index >= 15 is 0 Å². The first kappa shape index (κ1) is 16.2. The molecule has 1 unspecified atom stereocenters. The Kier molecular flexibility index (Phi) is 7.10. The lowest BCUT2D eigenvalue weighted by molar-refractivity contribution is -0.146. The van der Waals surface area contributed by atoms with E-state index in [2.05, 4.69) is 45.1 Å². The van der Waals surface area contributed by atoms with Gasteiger partial charge >= 0.3 is 5.97 Å². The molecule has 0 amide bonds. The van der Waals surface area contributed by atoms with Gasteiger partial charge in [-0.1, -0.05) is 35.0 Å². The summed E-state index contributed by atoms with van der Waals surface area (Å²) in [6.07, 6.45) is 1.80. The summed E-state index contributed by atoms with van der Waals surface area (Å²) in [7, 11) is 3.50. The van der Waals surface area contributed by atoms with E-state index in [9.17, 15) is 4.79 Å². The Labute approximate surface area is 124 Å². The average Bonchev–Trinajstić information content (AvgIpc) is 2.43. The number of carbonyl (C=O) groups excluding carboxylic acids is 1. The fourth-order valence-electron chi connectivity index (χ4n) is 1.98. The van der Waals surface area contributed by atoms with Crippen LogP contribution in [0, 0.1) is 5.92 Å². The molecule has 0 fully saturated rings. The lowest BCUT2D eigenvalue weighted by Crippen LogP contribution is -2.32. The molecule has 0 aliphatic carbocycles. The van der Waals surface area contributed by atoms with Gasteiger partial charge in [0.1, 0.15) is 0 Å². The van der Waals surface area contributed by atoms with Gasteiger partial charge in [-0.2, -0.15) is 0 Å². The van der Waals surface area contributed by atoms with Crippen LogP contribution in [0.5, 0.6) is 0 Å². The van der Waals surface area contributed by atoms with Crippen molar-refractivity contribution in [1.29, 1.82) is 0 Å². The number of likely N-dealkylation sites (N-methyl/N-ethyl adjacent to an activating group) is 1. The second-order valence-corrected chi connectivity index (χ2v) is 5.68. The van der Waals surface area contributed by atoms with E-state index in [0.29, 0.717) is 0 Å². The quantitative estimate of drug-likeness (QED) is 0.720. The highest BCUT2D eigenvalue weighted by molar-refractivity contribution is 9.10. The van der Waals surface area contributed by atoms with E-state index in [1.165, 1.54) is 12.7 Å². The van der Waals surface area contributed by atoms with Crippen LogP contribution in [0.25, 0.3) is 0 Å². The van der Waals surface area contributed by atoms with Crippen molar-refractivity contribution in [3.63, 3.8) is 0 Å². The number of carbonyl (C=O) groups is 1. The van der Waals surface area contributed by atoms with Gasteiger partial charge in [0.2, 0.25) is 0 Å². The number of hydrogen-bond donors (Lipinski definition) is 0. The Morgan fingerprint density at radius 1 is 1.37 bits per heavy atom. The van der Waals surface area contributed by atoms with Crippen molar-refractivity contribution in [2.24, 2.45) is 5.92 Å². The van der Waals surface area contributed by atoms with Crippen molar-refractivity contribution in [2.45, 2.75) is 19.8 Å². The van der Waals surface area contributed by atoms with Crippen LogP contribution in [0.3, 0.4) is 0 Å². The summed E-state index contributed by atoms with van der Waals surface area (Å²) in [5.74, 6) is -0.141. The maximum absolute atomic E-state index is 11.5. The third kappa shape index (κ3) is 5.74. The van der Waals surface area contributed by atoms with E-state index in [-0.39, 0.29) is 11.9 Å². The first-order chi connectivity index (χ1) is 9.06. The second kappa shape index (κ2) is 8.33. The molecule has 0 saturated carbocycles. The summed E-state index contributed by atoms with van der Waals surface area (Å²) in [4.78, 5) is 13.7. The first-order valence-corrected chi connectivity index (χ1v) is 7.37. The Morgan fingerprint density at radius 2 is 2.00 bits per heavy atom. The summed E-state index contributed by atoms with van der Waals surface area (Å²) in [6.45, 7) is 3.71. The van der Waals surface area contributed by atoms with Gasteiger partial charge in [-0.3, -0.25) is 4.79 Å².